The van der Waals surface area contributed by atoms with Crippen molar-refractivity contribution in [1.29, 1.82) is 0 Å². The molecule has 0 spiro atoms. The molecule has 0 radical (unpaired) electrons. The highest BCUT2D eigenvalue weighted by atomic mass is 35.5. The van der Waals surface area contributed by atoms with Crippen LogP contribution in [0.1, 0.15) is 35.3 Å². The third-order valence-corrected chi connectivity index (χ3v) is 4.65. The zero-order chi connectivity index (χ0) is 16.7. The number of aryl methyl sites for hydroxylation is 1. The standard InChI is InChI=1S/C17H17ClO5/c1-2-8-5-3-4-6-9(8)11-7-10(19)12-14(20)16(22)15(21)13(18)17(12)23-11/h3-7,13-16,20-22H,2H2,1H3. The number of aliphatic hydroxyl groups excluding tert-OH is 3. The molecule has 0 saturated carbocycles. The summed E-state index contributed by atoms with van der Waals surface area (Å²) in [6, 6.07) is 8.77. The van der Waals surface area contributed by atoms with Gasteiger partial charge in [-0.25, -0.2) is 0 Å². The molecule has 0 bridgehead atoms. The summed E-state index contributed by atoms with van der Waals surface area (Å²) in [6.07, 6.45) is -3.71. The van der Waals surface area contributed by atoms with E-state index in [1.165, 1.54) is 6.07 Å². The molecule has 4 unspecified atom stereocenters. The lowest BCUT2D eigenvalue weighted by molar-refractivity contribution is -0.0752. The average Bonchev–Trinajstić information content (AvgIpc) is 2.57. The van der Waals surface area contributed by atoms with Gasteiger partial charge in [0, 0.05) is 11.6 Å². The second-order valence-corrected chi connectivity index (χ2v) is 6.06. The predicted molar refractivity (Wildman–Crippen MR) is 85.4 cm³/mol. The van der Waals surface area contributed by atoms with Gasteiger partial charge in [0.15, 0.2) is 5.43 Å². The maximum Gasteiger partial charge on any atom is 0.191 e. The van der Waals surface area contributed by atoms with Crippen molar-refractivity contribution >= 4 is 11.6 Å². The first-order chi connectivity index (χ1) is 11.0. The van der Waals surface area contributed by atoms with Gasteiger partial charge < -0.3 is 19.7 Å². The molecule has 3 rings (SSSR count). The molecule has 1 heterocycles. The molecular formula is C17H17ClO5. The third-order valence-electron chi connectivity index (χ3n) is 4.20. The monoisotopic (exact) mass is 336 g/mol. The van der Waals surface area contributed by atoms with Crippen molar-refractivity contribution in [2.45, 2.75) is 37.0 Å². The van der Waals surface area contributed by atoms with Crippen molar-refractivity contribution < 1.29 is 19.7 Å². The summed E-state index contributed by atoms with van der Waals surface area (Å²) < 4.78 is 5.75. The maximum atomic E-state index is 12.4. The molecule has 0 saturated heterocycles. The fraction of sp³-hybridized carbons (Fsp3) is 0.353. The molecule has 1 aromatic carbocycles. The van der Waals surface area contributed by atoms with Crippen LogP contribution in [-0.4, -0.2) is 27.5 Å². The highest BCUT2D eigenvalue weighted by molar-refractivity contribution is 6.21. The van der Waals surface area contributed by atoms with Gasteiger partial charge in [-0.2, -0.15) is 0 Å². The number of alkyl halides is 1. The van der Waals surface area contributed by atoms with Crippen molar-refractivity contribution in [2.75, 3.05) is 0 Å². The zero-order valence-corrected chi connectivity index (χ0v) is 13.2. The maximum absolute atomic E-state index is 12.4. The molecule has 0 fully saturated rings. The Balaban J connectivity index is 2.22. The van der Waals surface area contributed by atoms with Crippen molar-refractivity contribution in [2.24, 2.45) is 0 Å². The Kier molecular flexibility index (Phi) is 4.29. The Morgan fingerprint density at radius 2 is 1.87 bits per heavy atom. The van der Waals surface area contributed by atoms with Crippen LogP contribution in [-0.2, 0) is 6.42 Å². The van der Waals surface area contributed by atoms with Gasteiger partial charge in [-0.15, -0.1) is 11.6 Å². The Labute approximate surface area is 137 Å². The van der Waals surface area contributed by atoms with Crippen LogP contribution in [0.5, 0.6) is 0 Å². The second kappa shape index (κ2) is 6.09. The van der Waals surface area contributed by atoms with Gasteiger partial charge in [0.1, 0.15) is 35.2 Å². The van der Waals surface area contributed by atoms with E-state index < -0.39 is 29.1 Å². The van der Waals surface area contributed by atoms with Crippen LogP contribution in [0.2, 0.25) is 0 Å². The molecule has 1 aromatic heterocycles. The highest BCUT2D eigenvalue weighted by Gasteiger charge is 2.43. The fourth-order valence-corrected chi connectivity index (χ4v) is 3.22. The minimum absolute atomic E-state index is 0.00497. The highest BCUT2D eigenvalue weighted by Crippen LogP contribution is 2.40. The van der Waals surface area contributed by atoms with E-state index in [4.69, 9.17) is 16.0 Å². The second-order valence-electron chi connectivity index (χ2n) is 5.59. The summed E-state index contributed by atoms with van der Waals surface area (Å²) >= 11 is 6.11. The van der Waals surface area contributed by atoms with Crippen molar-refractivity contribution in [3.05, 3.63) is 57.4 Å². The summed E-state index contributed by atoms with van der Waals surface area (Å²) in [5.41, 5.74) is 1.18. The molecule has 1 aliphatic rings. The summed E-state index contributed by atoms with van der Waals surface area (Å²) in [4.78, 5) is 12.4. The lowest BCUT2D eigenvalue weighted by Crippen LogP contribution is -2.42. The molecule has 3 N–H and O–H groups in total. The minimum atomic E-state index is -1.53. The van der Waals surface area contributed by atoms with Crippen LogP contribution < -0.4 is 5.43 Å². The van der Waals surface area contributed by atoms with Gasteiger partial charge in [0.05, 0.1) is 5.56 Å². The quantitative estimate of drug-likeness (QED) is 0.729. The Morgan fingerprint density at radius 1 is 1.17 bits per heavy atom. The van der Waals surface area contributed by atoms with Crippen LogP contribution in [0.4, 0.5) is 0 Å². The zero-order valence-electron chi connectivity index (χ0n) is 12.4. The van der Waals surface area contributed by atoms with E-state index in [-0.39, 0.29) is 11.3 Å². The van der Waals surface area contributed by atoms with E-state index >= 15 is 0 Å². The first-order valence-corrected chi connectivity index (χ1v) is 7.83. The van der Waals surface area contributed by atoms with Gasteiger partial charge >= 0.3 is 0 Å². The lowest BCUT2D eigenvalue weighted by atomic mass is 9.88. The summed E-state index contributed by atoms with van der Waals surface area (Å²) in [7, 11) is 0. The molecule has 6 heteroatoms. The van der Waals surface area contributed by atoms with Gasteiger partial charge in [0.2, 0.25) is 0 Å². The number of hydrogen-bond donors (Lipinski definition) is 3. The Hall–Kier alpha value is -1.66. The minimum Gasteiger partial charge on any atom is -0.459 e. The van der Waals surface area contributed by atoms with E-state index in [0.717, 1.165) is 17.5 Å². The van der Waals surface area contributed by atoms with E-state index in [9.17, 15) is 20.1 Å². The van der Waals surface area contributed by atoms with Crippen molar-refractivity contribution in [3.63, 3.8) is 0 Å². The van der Waals surface area contributed by atoms with Crippen LogP contribution in [0.25, 0.3) is 11.3 Å². The normalized spacial score (nSPS) is 26.8. The summed E-state index contributed by atoms with van der Waals surface area (Å²) in [6.45, 7) is 1.99. The summed E-state index contributed by atoms with van der Waals surface area (Å²) in [5.74, 6) is 0.331. The molecule has 5 nitrogen and oxygen atoms in total. The van der Waals surface area contributed by atoms with Crippen molar-refractivity contribution in [3.8, 4) is 11.3 Å². The number of fused-ring (bicyclic) bond motifs is 1. The first kappa shape index (κ1) is 16.2. The van der Waals surface area contributed by atoms with Crippen molar-refractivity contribution in [1.82, 2.24) is 0 Å². The fourth-order valence-electron chi connectivity index (χ4n) is 2.90. The van der Waals surface area contributed by atoms with Gasteiger partial charge in [-0.05, 0) is 12.0 Å². The Bertz CT molecular complexity index is 785. The van der Waals surface area contributed by atoms with Gasteiger partial charge in [-0.3, -0.25) is 4.79 Å². The molecular weight excluding hydrogens is 320 g/mol. The molecule has 2 aromatic rings. The molecule has 1 aliphatic carbocycles. The van der Waals surface area contributed by atoms with Crippen LogP contribution in [0, 0.1) is 0 Å². The number of hydrogen-bond acceptors (Lipinski definition) is 5. The van der Waals surface area contributed by atoms with Crippen LogP contribution in [0.3, 0.4) is 0 Å². The number of benzene rings is 1. The van der Waals surface area contributed by atoms with Gasteiger partial charge in [-0.1, -0.05) is 31.2 Å². The lowest BCUT2D eigenvalue weighted by Gasteiger charge is -2.32. The Morgan fingerprint density at radius 3 is 2.57 bits per heavy atom. The van der Waals surface area contributed by atoms with Crippen LogP contribution >= 0.6 is 11.6 Å². The molecule has 4 atom stereocenters. The number of aliphatic hydroxyl groups is 3. The SMILES string of the molecule is CCc1ccccc1-c1cc(=O)c2c(o1)C(Cl)C(O)C(O)C2O. The van der Waals surface area contributed by atoms with E-state index in [0.29, 0.717) is 5.76 Å². The molecule has 122 valence electrons. The van der Waals surface area contributed by atoms with E-state index in [2.05, 4.69) is 0 Å². The number of halogens is 1. The smallest absolute Gasteiger partial charge is 0.191 e. The van der Waals surface area contributed by atoms with Crippen LogP contribution in [0.15, 0.2) is 39.5 Å². The molecule has 0 aliphatic heterocycles. The predicted octanol–water partition coefficient (Wildman–Crippen LogP) is 1.92. The third kappa shape index (κ3) is 2.60. The average molecular weight is 337 g/mol. The molecule has 0 amide bonds. The van der Waals surface area contributed by atoms with E-state index in [1.807, 2.05) is 31.2 Å². The first-order valence-electron chi connectivity index (χ1n) is 7.40. The largest absolute Gasteiger partial charge is 0.459 e. The topological polar surface area (TPSA) is 90.9 Å². The summed E-state index contributed by atoms with van der Waals surface area (Å²) in [5, 5.41) is 28.6. The van der Waals surface area contributed by atoms with E-state index in [1.54, 1.807) is 0 Å². The molecule has 23 heavy (non-hydrogen) atoms. The number of rotatable bonds is 2. The van der Waals surface area contributed by atoms with Gasteiger partial charge in [0.25, 0.3) is 0 Å².